The van der Waals surface area contributed by atoms with Gasteiger partial charge in [0.1, 0.15) is 17.2 Å². The number of hydrogen-bond donors (Lipinski definition) is 1. The van der Waals surface area contributed by atoms with Crippen LogP contribution < -0.4 is 5.32 Å². The highest BCUT2D eigenvalue weighted by Crippen LogP contribution is 2.42. The molecule has 0 radical (unpaired) electrons. The van der Waals surface area contributed by atoms with Crippen molar-refractivity contribution in [1.29, 1.82) is 0 Å². The SMILES string of the molecule is CCCCCNC(=O)[C@@H]1CS[C@H](c2cccc(F)c2)N1C(=O)c1cccc(C)c1. The summed E-state index contributed by atoms with van der Waals surface area (Å²) in [5.74, 6) is -0.216. The van der Waals surface area contributed by atoms with Gasteiger partial charge in [-0.15, -0.1) is 11.8 Å². The molecule has 2 amide bonds. The zero-order valence-electron chi connectivity index (χ0n) is 16.9. The van der Waals surface area contributed by atoms with Gasteiger partial charge in [0.2, 0.25) is 5.91 Å². The number of benzene rings is 2. The summed E-state index contributed by atoms with van der Waals surface area (Å²) in [4.78, 5) is 27.9. The van der Waals surface area contributed by atoms with E-state index in [1.807, 2.05) is 25.1 Å². The maximum absolute atomic E-state index is 13.8. The van der Waals surface area contributed by atoms with Gasteiger partial charge in [0.15, 0.2) is 0 Å². The molecule has 1 heterocycles. The van der Waals surface area contributed by atoms with Gasteiger partial charge in [0.25, 0.3) is 5.91 Å². The lowest BCUT2D eigenvalue weighted by atomic mass is 10.1. The minimum absolute atomic E-state index is 0.145. The number of thioether (sulfide) groups is 1. The fraction of sp³-hybridized carbons (Fsp3) is 0.391. The summed E-state index contributed by atoms with van der Waals surface area (Å²) >= 11 is 1.50. The molecule has 0 aromatic heterocycles. The Labute approximate surface area is 175 Å². The van der Waals surface area contributed by atoms with Crippen molar-refractivity contribution in [2.45, 2.75) is 44.5 Å². The van der Waals surface area contributed by atoms with Crippen molar-refractivity contribution in [1.82, 2.24) is 10.2 Å². The van der Waals surface area contributed by atoms with Crippen LogP contribution in [0, 0.1) is 12.7 Å². The smallest absolute Gasteiger partial charge is 0.255 e. The molecule has 1 N–H and O–H groups in total. The fourth-order valence-corrected chi connectivity index (χ4v) is 4.92. The molecular weight excluding hydrogens is 387 g/mol. The van der Waals surface area contributed by atoms with Crippen LogP contribution in [0.3, 0.4) is 0 Å². The van der Waals surface area contributed by atoms with E-state index in [0.717, 1.165) is 24.8 Å². The molecule has 2 atom stereocenters. The van der Waals surface area contributed by atoms with Gasteiger partial charge >= 0.3 is 0 Å². The molecule has 154 valence electrons. The number of unbranched alkanes of at least 4 members (excludes halogenated alkanes) is 2. The molecule has 1 saturated heterocycles. The molecule has 29 heavy (non-hydrogen) atoms. The summed E-state index contributed by atoms with van der Waals surface area (Å²) in [6, 6.07) is 13.0. The molecule has 0 saturated carbocycles. The van der Waals surface area contributed by atoms with Crippen molar-refractivity contribution in [3.05, 3.63) is 71.0 Å². The number of nitrogens with one attached hydrogen (secondary N) is 1. The van der Waals surface area contributed by atoms with Crippen LogP contribution >= 0.6 is 11.8 Å². The lowest BCUT2D eigenvalue weighted by Gasteiger charge is -2.29. The van der Waals surface area contributed by atoms with Gasteiger partial charge in [-0.2, -0.15) is 0 Å². The Morgan fingerprint density at radius 3 is 2.69 bits per heavy atom. The first-order valence-electron chi connectivity index (χ1n) is 10.1. The monoisotopic (exact) mass is 414 g/mol. The molecule has 2 aromatic rings. The van der Waals surface area contributed by atoms with Crippen molar-refractivity contribution in [2.75, 3.05) is 12.3 Å². The van der Waals surface area contributed by atoms with E-state index in [-0.39, 0.29) is 17.6 Å². The third-order valence-electron chi connectivity index (χ3n) is 5.02. The molecule has 1 aliphatic rings. The van der Waals surface area contributed by atoms with E-state index in [1.54, 1.807) is 23.1 Å². The van der Waals surface area contributed by atoms with Crippen LogP contribution in [-0.4, -0.2) is 35.1 Å². The Kier molecular flexibility index (Phi) is 7.31. The lowest BCUT2D eigenvalue weighted by molar-refractivity contribution is -0.124. The molecule has 4 nitrogen and oxygen atoms in total. The number of aryl methyl sites for hydroxylation is 1. The summed E-state index contributed by atoms with van der Waals surface area (Å²) in [5.41, 5.74) is 2.21. The zero-order valence-corrected chi connectivity index (χ0v) is 17.7. The van der Waals surface area contributed by atoms with Crippen molar-refractivity contribution < 1.29 is 14.0 Å². The van der Waals surface area contributed by atoms with Crippen molar-refractivity contribution in [2.24, 2.45) is 0 Å². The Balaban J connectivity index is 1.87. The van der Waals surface area contributed by atoms with Gasteiger partial charge < -0.3 is 10.2 Å². The predicted octanol–water partition coefficient (Wildman–Crippen LogP) is 4.70. The molecule has 3 rings (SSSR count). The number of carbonyl (C=O) groups excluding carboxylic acids is 2. The topological polar surface area (TPSA) is 49.4 Å². The minimum atomic E-state index is -0.581. The highest BCUT2D eigenvalue weighted by atomic mass is 32.2. The maximum Gasteiger partial charge on any atom is 0.255 e. The van der Waals surface area contributed by atoms with Gasteiger partial charge in [-0.05, 0) is 43.2 Å². The molecule has 2 aromatic carbocycles. The fourth-order valence-electron chi connectivity index (χ4n) is 3.50. The third-order valence-corrected chi connectivity index (χ3v) is 6.34. The Bertz CT molecular complexity index is 873. The van der Waals surface area contributed by atoms with Crippen molar-refractivity contribution in [3.63, 3.8) is 0 Å². The number of halogens is 1. The van der Waals surface area contributed by atoms with Crippen LogP contribution in [0.1, 0.15) is 53.0 Å². The van der Waals surface area contributed by atoms with E-state index in [4.69, 9.17) is 0 Å². The summed E-state index contributed by atoms with van der Waals surface area (Å²) < 4.78 is 13.8. The first-order valence-corrected chi connectivity index (χ1v) is 11.1. The molecule has 0 bridgehead atoms. The maximum atomic E-state index is 13.8. The number of hydrogen-bond acceptors (Lipinski definition) is 3. The Morgan fingerprint density at radius 1 is 1.17 bits per heavy atom. The first kappa shape index (κ1) is 21.4. The van der Waals surface area contributed by atoms with E-state index in [9.17, 15) is 14.0 Å². The zero-order chi connectivity index (χ0) is 20.8. The predicted molar refractivity (Wildman–Crippen MR) is 115 cm³/mol. The number of rotatable bonds is 7. The molecule has 1 fully saturated rings. The van der Waals surface area contributed by atoms with Crippen LogP contribution in [0.4, 0.5) is 4.39 Å². The van der Waals surface area contributed by atoms with Crippen LogP contribution in [0.25, 0.3) is 0 Å². The number of carbonyl (C=O) groups is 2. The molecule has 0 aliphatic carbocycles. The summed E-state index contributed by atoms with van der Waals surface area (Å²) in [7, 11) is 0. The summed E-state index contributed by atoms with van der Waals surface area (Å²) in [5, 5.41) is 2.57. The average Bonchev–Trinajstić information content (AvgIpc) is 3.16. The Hall–Kier alpha value is -2.34. The summed E-state index contributed by atoms with van der Waals surface area (Å²) in [6.07, 6.45) is 3.05. The third kappa shape index (κ3) is 5.18. The van der Waals surface area contributed by atoms with Crippen LogP contribution in [-0.2, 0) is 4.79 Å². The van der Waals surface area contributed by atoms with E-state index in [2.05, 4.69) is 12.2 Å². The first-order chi connectivity index (χ1) is 14.0. The Morgan fingerprint density at radius 2 is 1.97 bits per heavy atom. The molecule has 0 spiro atoms. The lowest BCUT2D eigenvalue weighted by Crippen LogP contribution is -2.48. The summed E-state index contributed by atoms with van der Waals surface area (Å²) in [6.45, 7) is 4.64. The second-order valence-electron chi connectivity index (χ2n) is 7.34. The highest BCUT2D eigenvalue weighted by Gasteiger charge is 2.42. The van der Waals surface area contributed by atoms with Crippen LogP contribution in [0.15, 0.2) is 48.5 Å². The van der Waals surface area contributed by atoms with Gasteiger partial charge in [0.05, 0.1) is 0 Å². The van der Waals surface area contributed by atoms with Crippen LogP contribution in [0.5, 0.6) is 0 Å². The molecule has 1 aliphatic heterocycles. The second kappa shape index (κ2) is 9.92. The second-order valence-corrected chi connectivity index (χ2v) is 8.45. The van der Waals surface area contributed by atoms with E-state index in [1.165, 1.54) is 23.9 Å². The van der Waals surface area contributed by atoms with E-state index < -0.39 is 11.4 Å². The number of amides is 2. The standard InChI is InChI=1S/C23H27FN2O2S/c1-3-4-5-12-25-21(27)20-15-29-23(18-10-7-11-19(24)14-18)26(20)22(28)17-9-6-8-16(2)13-17/h6-11,13-14,20,23H,3-5,12,15H2,1-2H3,(H,25,27)/t20-,23+/m0/s1. The number of nitrogens with zero attached hydrogens (tertiary/aromatic N) is 1. The minimum Gasteiger partial charge on any atom is -0.354 e. The quantitative estimate of drug-likeness (QED) is 0.669. The van der Waals surface area contributed by atoms with E-state index in [0.29, 0.717) is 23.4 Å². The van der Waals surface area contributed by atoms with E-state index >= 15 is 0 Å². The van der Waals surface area contributed by atoms with Crippen LogP contribution in [0.2, 0.25) is 0 Å². The highest BCUT2D eigenvalue weighted by molar-refractivity contribution is 7.99. The largest absolute Gasteiger partial charge is 0.354 e. The average molecular weight is 415 g/mol. The van der Waals surface area contributed by atoms with Gasteiger partial charge in [-0.25, -0.2) is 4.39 Å². The van der Waals surface area contributed by atoms with Gasteiger partial charge in [0, 0.05) is 17.9 Å². The van der Waals surface area contributed by atoms with Crippen molar-refractivity contribution >= 4 is 23.6 Å². The normalized spacial score (nSPS) is 18.7. The van der Waals surface area contributed by atoms with Gasteiger partial charge in [-0.3, -0.25) is 9.59 Å². The van der Waals surface area contributed by atoms with Gasteiger partial charge in [-0.1, -0.05) is 49.6 Å². The molecule has 0 unspecified atom stereocenters. The molecular formula is C23H27FN2O2S. The van der Waals surface area contributed by atoms with Crippen molar-refractivity contribution in [3.8, 4) is 0 Å². The molecule has 6 heteroatoms.